The number of carboxylic acid groups (broad SMARTS) is 1. The molecule has 2 rings (SSSR count). The molecule has 0 spiro atoms. The molecular formula is C11H14N6O2. The summed E-state index contributed by atoms with van der Waals surface area (Å²) in [5, 5.41) is 19.6. The predicted octanol–water partition coefficient (Wildman–Crippen LogP) is 0.145. The number of carboxylic acids is 1. The lowest BCUT2D eigenvalue weighted by molar-refractivity contribution is 0.0696. The molecule has 0 aliphatic heterocycles. The molecular weight excluding hydrogens is 248 g/mol. The number of nitrogens with zero attached hydrogens (tertiary/aromatic N) is 4. The maximum Gasteiger partial charge on any atom is 0.337 e. The molecule has 0 amide bonds. The van der Waals surface area contributed by atoms with Crippen LogP contribution in [0.25, 0.3) is 0 Å². The average Bonchev–Trinajstić information content (AvgIpc) is 2.77. The fourth-order valence-electron chi connectivity index (χ4n) is 1.57. The molecule has 0 saturated carbocycles. The van der Waals surface area contributed by atoms with Crippen LogP contribution in [0.3, 0.4) is 0 Å². The van der Waals surface area contributed by atoms with Crippen molar-refractivity contribution in [2.75, 3.05) is 17.6 Å². The Morgan fingerprint density at radius 2 is 2.37 bits per heavy atom. The lowest BCUT2D eigenvalue weighted by Crippen LogP contribution is -2.11. The number of aromatic carboxylic acids is 1. The zero-order valence-corrected chi connectivity index (χ0v) is 10.4. The third kappa shape index (κ3) is 2.97. The van der Waals surface area contributed by atoms with Crippen LogP contribution in [0.4, 0.5) is 11.5 Å². The minimum absolute atomic E-state index is 0.0661. The van der Waals surface area contributed by atoms with E-state index >= 15 is 0 Å². The van der Waals surface area contributed by atoms with Gasteiger partial charge in [-0.25, -0.2) is 9.78 Å². The van der Waals surface area contributed by atoms with Crippen molar-refractivity contribution in [1.29, 1.82) is 0 Å². The molecule has 2 heterocycles. The molecule has 100 valence electrons. The van der Waals surface area contributed by atoms with E-state index in [0.29, 0.717) is 24.5 Å². The Hall–Kier alpha value is -2.64. The van der Waals surface area contributed by atoms with Crippen molar-refractivity contribution in [2.45, 2.75) is 6.42 Å². The Morgan fingerprint density at radius 3 is 2.95 bits per heavy atom. The summed E-state index contributed by atoms with van der Waals surface area (Å²) in [5.41, 5.74) is 6.10. The molecule has 0 aliphatic rings. The van der Waals surface area contributed by atoms with Crippen LogP contribution in [0.1, 0.15) is 16.2 Å². The molecule has 0 aromatic carbocycles. The Labute approximate surface area is 109 Å². The molecule has 2 aromatic rings. The fourth-order valence-corrected chi connectivity index (χ4v) is 1.57. The number of nitrogens with one attached hydrogen (secondary N) is 1. The molecule has 19 heavy (non-hydrogen) atoms. The van der Waals surface area contributed by atoms with Crippen LogP contribution in [0.5, 0.6) is 0 Å². The molecule has 0 saturated heterocycles. The Morgan fingerprint density at radius 1 is 1.58 bits per heavy atom. The zero-order chi connectivity index (χ0) is 13.8. The molecule has 4 N–H and O–H groups in total. The topological polar surface area (TPSA) is 119 Å². The van der Waals surface area contributed by atoms with Gasteiger partial charge in [0.1, 0.15) is 18.0 Å². The number of pyridine rings is 1. The van der Waals surface area contributed by atoms with E-state index < -0.39 is 5.97 Å². The standard InChI is InChI=1S/C11H14N6O2/c1-17-6-15-16-9(17)2-3-13-10-8(12)4-7(5-14-10)11(18)19/h4-6H,2-3,12H2,1H3,(H,13,14)(H,18,19). The number of aryl methyl sites for hydroxylation is 1. The van der Waals surface area contributed by atoms with Crippen molar-refractivity contribution in [1.82, 2.24) is 19.7 Å². The molecule has 8 heteroatoms. The Kier molecular flexibility index (Phi) is 3.60. The van der Waals surface area contributed by atoms with E-state index in [4.69, 9.17) is 10.8 Å². The van der Waals surface area contributed by atoms with Gasteiger partial charge < -0.3 is 20.7 Å². The highest BCUT2D eigenvalue weighted by Gasteiger charge is 2.08. The number of nitrogens with two attached hydrogens (primary N) is 1. The summed E-state index contributed by atoms with van der Waals surface area (Å²) in [6, 6.07) is 1.37. The largest absolute Gasteiger partial charge is 0.478 e. The molecule has 8 nitrogen and oxygen atoms in total. The fraction of sp³-hybridized carbons (Fsp3) is 0.273. The monoisotopic (exact) mass is 262 g/mol. The summed E-state index contributed by atoms with van der Waals surface area (Å²) in [6.45, 7) is 0.580. The van der Waals surface area contributed by atoms with Crippen LogP contribution < -0.4 is 11.1 Å². The number of rotatable bonds is 5. The second-order valence-corrected chi connectivity index (χ2v) is 4.00. The lowest BCUT2D eigenvalue weighted by Gasteiger charge is -2.08. The molecule has 0 fully saturated rings. The van der Waals surface area contributed by atoms with E-state index in [1.54, 1.807) is 6.33 Å². The van der Waals surface area contributed by atoms with E-state index in [9.17, 15) is 4.79 Å². The first-order valence-corrected chi connectivity index (χ1v) is 5.63. The number of anilines is 2. The molecule has 0 atom stereocenters. The van der Waals surface area contributed by atoms with Gasteiger partial charge in [0.2, 0.25) is 0 Å². The second-order valence-electron chi connectivity index (χ2n) is 4.00. The predicted molar refractivity (Wildman–Crippen MR) is 68.8 cm³/mol. The van der Waals surface area contributed by atoms with Gasteiger partial charge >= 0.3 is 5.97 Å². The van der Waals surface area contributed by atoms with Crippen LogP contribution in [-0.4, -0.2) is 37.4 Å². The van der Waals surface area contributed by atoms with Gasteiger partial charge in [-0.05, 0) is 6.07 Å². The van der Waals surface area contributed by atoms with Gasteiger partial charge in [-0.15, -0.1) is 10.2 Å². The molecule has 0 aliphatic carbocycles. The van der Waals surface area contributed by atoms with Gasteiger partial charge in [-0.3, -0.25) is 0 Å². The normalized spacial score (nSPS) is 10.4. The maximum atomic E-state index is 10.7. The third-order valence-electron chi connectivity index (χ3n) is 2.61. The van der Waals surface area contributed by atoms with E-state index in [2.05, 4.69) is 20.5 Å². The molecule has 0 radical (unpaired) electrons. The minimum Gasteiger partial charge on any atom is -0.478 e. The van der Waals surface area contributed by atoms with Crippen LogP contribution >= 0.6 is 0 Å². The summed E-state index contributed by atoms with van der Waals surface area (Å²) >= 11 is 0. The first kappa shape index (κ1) is 12.8. The Balaban J connectivity index is 1.96. The summed E-state index contributed by atoms with van der Waals surface area (Å²) < 4.78 is 1.83. The average molecular weight is 262 g/mol. The quantitative estimate of drug-likeness (QED) is 0.701. The van der Waals surface area contributed by atoms with Gasteiger partial charge in [0.05, 0.1) is 11.3 Å². The van der Waals surface area contributed by atoms with Gasteiger partial charge in [-0.1, -0.05) is 0 Å². The number of carbonyl (C=O) groups is 1. The van der Waals surface area contributed by atoms with E-state index in [0.717, 1.165) is 5.82 Å². The highest BCUT2D eigenvalue weighted by atomic mass is 16.4. The maximum absolute atomic E-state index is 10.7. The van der Waals surface area contributed by atoms with Crippen LogP contribution in [0.15, 0.2) is 18.6 Å². The highest BCUT2D eigenvalue weighted by molar-refractivity contribution is 5.89. The summed E-state index contributed by atoms with van der Waals surface area (Å²) in [6.07, 6.45) is 3.56. The number of hydrogen-bond acceptors (Lipinski definition) is 6. The van der Waals surface area contributed by atoms with Gasteiger partial charge in [0, 0.05) is 26.2 Å². The van der Waals surface area contributed by atoms with Crippen LogP contribution in [-0.2, 0) is 13.5 Å². The second kappa shape index (κ2) is 5.34. The van der Waals surface area contributed by atoms with Crippen molar-refractivity contribution in [3.8, 4) is 0 Å². The van der Waals surface area contributed by atoms with E-state index in [1.165, 1.54) is 12.3 Å². The third-order valence-corrected chi connectivity index (χ3v) is 2.61. The van der Waals surface area contributed by atoms with Crippen molar-refractivity contribution in [2.24, 2.45) is 7.05 Å². The van der Waals surface area contributed by atoms with Gasteiger partial charge in [0.15, 0.2) is 0 Å². The van der Waals surface area contributed by atoms with Crippen LogP contribution in [0, 0.1) is 0 Å². The van der Waals surface area contributed by atoms with Crippen molar-refractivity contribution in [3.05, 3.63) is 30.0 Å². The summed E-state index contributed by atoms with van der Waals surface area (Å²) in [4.78, 5) is 14.7. The van der Waals surface area contributed by atoms with E-state index in [-0.39, 0.29) is 5.56 Å². The molecule has 0 bridgehead atoms. The lowest BCUT2D eigenvalue weighted by atomic mass is 10.2. The SMILES string of the molecule is Cn1cnnc1CCNc1ncc(C(=O)O)cc1N. The summed E-state index contributed by atoms with van der Waals surface area (Å²) in [5.74, 6) is 0.255. The number of hydrogen-bond donors (Lipinski definition) is 3. The first-order valence-electron chi connectivity index (χ1n) is 5.63. The minimum atomic E-state index is -1.05. The number of nitrogen functional groups attached to an aromatic ring is 1. The molecule has 0 unspecified atom stereocenters. The zero-order valence-electron chi connectivity index (χ0n) is 10.4. The first-order chi connectivity index (χ1) is 9.08. The van der Waals surface area contributed by atoms with Gasteiger partial charge in [0.25, 0.3) is 0 Å². The van der Waals surface area contributed by atoms with E-state index in [1.807, 2.05) is 11.6 Å². The Bertz CT molecular complexity index is 595. The van der Waals surface area contributed by atoms with Crippen molar-refractivity contribution in [3.63, 3.8) is 0 Å². The smallest absolute Gasteiger partial charge is 0.337 e. The van der Waals surface area contributed by atoms with Crippen molar-refractivity contribution >= 4 is 17.5 Å². The highest BCUT2D eigenvalue weighted by Crippen LogP contribution is 2.16. The summed E-state index contributed by atoms with van der Waals surface area (Å²) in [7, 11) is 1.86. The van der Waals surface area contributed by atoms with Crippen molar-refractivity contribution < 1.29 is 9.90 Å². The van der Waals surface area contributed by atoms with Gasteiger partial charge in [-0.2, -0.15) is 0 Å². The number of aromatic nitrogens is 4. The molecule has 2 aromatic heterocycles. The van der Waals surface area contributed by atoms with Crippen LogP contribution in [0.2, 0.25) is 0 Å².